The zero-order chi connectivity index (χ0) is 15.4. The summed E-state index contributed by atoms with van der Waals surface area (Å²) in [5.41, 5.74) is 2.52. The number of nitrogens with two attached hydrogens (primary N) is 1. The highest BCUT2D eigenvalue weighted by Gasteiger charge is 2.14. The topological polar surface area (TPSA) is 90.4 Å². The molecule has 0 bridgehead atoms. The Labute approximate surface area is 118 Å². The van der Waals surface area contributed by atoms with Crippen LogP contribution in [0, 0.1) is 21.7 Å². The molecule has 0 radical (unpaired) electrons. The van der Waals surface area contributed by atoms with Gasteiger partial charge in [0.25, 0.3) is 5.69 Å². The molecular weight excluding hydrogens is 284 g/mol. The summed E-state index contributed by atoms with van der Waals surface area (Å²) in [5, 5.41) is 10.9. The summed E-state index contributed by atoms with van der Waals surface area (Å²) in [6.45, 7) is -0.147. The Hall–Kier alpha value is -2.74. The van der Waals surface area contributed by atoms with Crippen LogP contribution in [0.25, 0.3) is 0 Å². The van der Waals surface area contributed by atoms with Gasteiger partial charge in [-0.3, -0.25) is 16.0 Å². The molecular formula is C13H11F2N3O3. The molecule has 0 aliphatic rings. The number of halogens is 2. The van der Waals surface area contributed by atoms with E-state index in [1.807, 2.05) is 0 Å². The fourth-order valence-electron chi connectivity index (χ4n) is 1.70. The quantitative estimate of drug-likeness (QED) is 0.503. The summed E-state index contributed by atoms with van der Waals surface area (Å²) in [6.07, 6.45) is 0. The molecule has 2 aromatic rings. The van der Waals surface area contributed by atoms with Crippen molar-refractivity contribution in [2.45, 2.75) is 6.61 Å². The molecule has 21 heavy (non-hydrogen) atoms. The minimum Gasteiger partial charge on any atom is -0.486 e. The lowest BCUT2D eigenvalue weighted by atomic mass is 10.2. The number of nitro groups is 1. The molecule has 110 valence electrons. The van der Waals surface area contributed by atoms with E-state index in [0.29, 0.717) is 5.56 Å². The van der Waals surface area contributed by atoms with Crippen LogP contribution in [0.5, 0.6) is 5.75 Å². The van der Waals surface area contributed by atoms with Crippen molar-refractivity contribution in [3.8, 4) is 5.75 Å². The van der Waals surface area contributed by atoms with E-state index < -0.39 is 16.6 Å². The van der Waals surface area contributed by atoms with Crippen molar-refractivity contribution < 1.29 is 18.4 Å². The fraction of sp³-hybridized carbons (Fsp3) is 0.0769. The van der Waals surface area contributed by atoms with E-state index in [-0.39, 0.29) is 23.7 Å². The molecule has 0 amide bonds. The van der Waals surface area contributed by atoms with Gasteiger partial charge in [0.2, 0.25) is 5.82 Å². The van der Waals surface area contributed by atoms with Crippen LogP contribution in [0.1, 0.15) is 5.56 Å². The SMILES string of the molecule is NNc1ccc(COc2cccc(F)c2F)cc1[N+](=O)[O-]. The van der Waals surface area contributed by atoms with Crippen LogP contribution in [-0.2, 0) is 6.61 Å². The van der Waals surface area contributed by atoms with Crippen molar-refractivity contribution in [2.75, 3.05) is 5.43 Å². The number of benzene rings is 2. The second kappa shape index (κ2) is 6.14. The first-order valence-corrected chi connectivity index (χ1v) is 5.83. The van der Waals surface area contributed by atoms with Gasteiger partial charge in [-0.2, -0.15) is 4.39 Å². The number of anilines is 1. The van der Waals surface area contributed by atoms with Gasteiger partial charge >= 0.3 is 0 Å². The van der Waals surface area contributed by atoms with E-state index in [4.69, 9.17) is 10.6 Å². The third kappa shape index (κ3) is 3.23. The second-order valence-electron chi connectivity index (χ2n) is 4.09. The summed E-state index contributed by atoms with van der Waals surface area (Å²) in [6, 6.07) is 7.71. The minimum absolute atomic E-state index is 0.140. The second-order valence-corrected chi connectivity index (χ2v) is 4.09. The predicted molar refractivity (Wildman–Crippen MR) is 71.6 cm³/mol. The minimum atomic E-state index is -1.10. The molecule has 0 aromatic heterocycles. The Morgan fingerprint density at radius 1 is 1.29 bits per heavy atom. The van der Waals surface area contributed by atoms with Crippen LogP contribution in [-0.4, -0.2) is 4.92 Å². The molecule has 2 rings (SSSR count). The molecule has 8 heteroatoms. The van der Waals surface area contributed by atoms with Gasteiger partial charge < -0.3 is 10.2 Å². The molecule has 0 aliphatic carbocycles. The highest BCUT2D eigenvalue weighted by Crippen LogP contribution is 2.26. The van der Waals surface area contributed by atoms with Crippen molar-refractivity contribution in [1.29, 1.82) is 0 Å². The molecule has 0 heterocycles. The molecule has 0 spiro atoms. The van der Waals surface area contributed by atoms with Crippen molar-refractivity contribution in [2.24, 2.45) is 5.84 Å². The van der Waals surface area contributed by atoms with E-state index in [0.717, 1.165) is 6.07 Å². The number of nitrogen functional groups attached to an aromatic ring is 1. The number of hydrazine groups is 1. The highest BCUT2D eigenvalue weighted by molar-refractivity contribution is 5.61. The van der Waals surface area contributed by atoms with Crippen molar-refractivity contribution in [3.63, 3.8) is 0 Å². The number of rotatable bonds is 5. The van der Waals surface area contributed by atoms with Gasteiger partial charge in [0.05, 0.1) is 4.92 Å². The summed E-state index contributed by atoms with van der Waals surface area (Å²) in [7, 11) is 0. The summed E-state index contributed by atoms with van der Waals surface area (Å²) in [5.74, 6) is 2.77. The number of ether oxygens (including phenoxy) is 1. The van der Waals surface area contributed by atoms with Gasteiger partial charge in [0.15, 0.2) is 11.6 Å². The van der Waals surface area contributed by atoms with Crippen LogP contribution in [0.15, 0.2) is 36.4 Å². The molecule has 0 aliphatic heterocycles. The molecule has 3 N–H and O–H groups in total. The molecule has 0 saturated heterocycles. The number of hydrogen-bond donors (Lipinski definition) is 2. The van der Waals surface area contributed by atoms with Crippen LogP contribution < -0.4 is 16.0 Å². The average molecular weight is 295 g/mol. The van der Waals surface area contributed by atoms with E-state index in [2.05, 4.69) is 5.43 Å². The first-order valence-electron chi connectivity index (χ1n) is 5.83. The lowest BCUT2D eigenvalue weighted by Crippen LogP contribution is -2.09. The van der Waals surface area contributed by atoms with Crippen molar-refractivity contribution in [1.82, 2.24) is 0 Å². The van der Waals surface area contributed by atoms with Crippen molar-refractivity contribution in [3.05, 3.63) is 63.7 Å². The zero-order valence-electron chi connectivity index (χ0n) is 10.7. The van der Waals surface area contributed by atoms with Crippen LogP contribution in [0.2, 0.25) is 0 Å². The molecule has 0 atom stereocenters. The smallest absolute Gasteiger partial charge is 0.294 e. The van der Waals surface area contributed by atoms with Crippen LogP contribution in [0.4, 0.5) is 20.2 Å². The lowest BCUT2D eigenvalue weighted by Gasteiger charge is -2.08. The van der Waals surface area contributed by atoms with Gasteiger partial charge in [-0.05, 0) is 23.8 Å². The largest absolute Gasteiger partial charge is 0.486 e. The number of nitrogens with one attached hydrogen (secondary N) is 1. The molecule has 0 unspecified atom stereocenters. The van der Waals surface area contributed by atoms with E-state index in [9.17, 15) is 18.9 Å². The monoisotopic (exact) mass is 295 g/mol. The number of nitrogens with zero attached hydrogens (tertiary/aromatic N) is 1. The Balaban J connectivity index is 2.19. The van der Waals surface area contributed by atoms with Crippen molar-refractivity contribution >= 4 is 11.4 Å². The highest BCUT2D eigenvalue weighted by atomic mass is 19.2. The summed E-state index contributed by atoms with van der Waals surface area (Å²) in [4.78, 5) is 10.3. The number of nitro benzene ring substituents is 1. The lowest BCUT2D eigenvalue weighted by molar-refractivity contribution is -0.384. The Morgan fingerprint density at radius 2 is 2.05 bits per heavy atom. The van der Waals surface area contributed by atoms with Gasteiger partial charge in [-0.25, -0.2) is 4.39 Å². The standard InChI is InChI=1S/C13H11F2N3O3/c14-9-2-1-3-12(13(9)15)21-7-8-4-5-10(17-16)11(6-8)18(19)20/h1-6,17H,7,16H2. The van der Waals surface area contributed by atoms with E-state index in [1.54, 1.807) is 0 Å². The maximum atomic E-state index is 13.4. The first kappa shape index (κ1) is 14.7. The maximum Gasteiger partial charge on any atom is 0.294 e. The normalized spacial score (nSPS) is 10.2. The van der Waals surface area contributed by atoms with Crippen LogP contribution >= 0.6 is 0 Å². The average Bonchev–Trinajstić information content (AvgIpc) is 2.48. The van der Waals surface area contributed by atoms with Crippen LogP contribution in [0.3, 0.4) is 0 Å². The predicted octanol–water partition coefficient (Wildman–Crippen LogP) is 2.74. The summed E-state index contributed by atoms with van der Waals surface area (Å²) < 4.78 is 31.5. The molecule has 0 fully saturated rings. The van der Waals surface area contributed by atoms with Gasteiger partial charge in [0.1, 0.15) is 12.3 Å². The fourth-order valence-corrected chi connectivity index (χ4v) is 1.70. The Morgan fingerprint density at radius 3 is 2.71 bits per heavy atom. The Bertz CT molecular complexity index is 680. The zero-order valence-corrected chi connectivity index (χ0v) is 10.7. The molecule has 0 saturated carbocycles. The van der Waals surface area contributed by atoms with Gasteiger partial charge in [-0.15, -0.1) is 0 Å². The maximum absolute atomic E-state index is 13.4. The molecule has 2 aromatic carbocycles. The molecule has 6 nitrogen and oxygen atoms in total. The Kier molecular flexibility index (Phi) is 4.29. The van der Waals surface area contributed by atoms with Gasteiger partial charge in [0, 0.05) is 6.07 Å². The first-order chi connectivity index (χ1) is 10.0. The third-order valence-corrected chi connectivity index (χ3v) is 2.72. The summed E-state index contributed by atoms with van der Waals surface area (Å²) >= 11 is 0. The third-order valence-electron chi connectivity index (χ3n) is 2.72. The number of hydrogen-bond acceptors (Lipinski definition) is 5. The van der Waals surface area contributed by atoms with E-state index in [1.165, 1.54) is 30.3 Å². The van der Waals surface area contributed by atoms with Gasteiger partial charge in [-0.1, -0.05) is 12.1 Å². The van der Waals surface area contributed by atoms with E-state index >= 15 is 0 Å².